The fraction of sp³-hybridized carbons (Fsp3) is 0.143. The Balaban J connectivity index is 3.01. The molecule has 12 heavy (non-hydrogen) atoms. The Kier molecular flexibility index (Phi) is 2.69. The van der Waals surface area contributed by atoms with Crippen LogP contribution in [0.5, 0.6) is 0 Å². The Bertz CT molecular complexity index is 277. The smallest absolute Gasteiger partial charge is 0.132 e. The molecule has 1 rings (SSSR count). The molecule has 66 valence electrons. The molecule has 1 unspecified atom stereocenters. The Hall–Kier alpha value is -1.04. The van der Waals surface area contributed by atoms with Crippen molar-refractivity contribution in [2.75, 3.05) is 0 Å². The van der Waals surface area contributed by atoms with Crippen molar-refractivity contribution in [2.24, 2.45) is 11.6 Å². The molecular formula is C7H9F2N3. The topological polar surface area (TPSA) is 64.1 Å². The van der Waals surface area contributed by atoms with Gasteiger partial charge >= 0.3 is 0 Å². The average Bonchev–Trinajstić information content (AvgIpc) is 2.03. The summed E-state index contributed by atoms with van der Waals surface area (Å²) >= 11 is 0. The molecule has 0 bridgehead atoms. The Labute approximate surface area is 68.3 Å². The zero-order valence-electron chi connectivity index (χ0n) is 6.22. The maximum Gasteiger partial charge on any atom is 0.132 e. The third kappa shape index (κ3) is 1.76. The number of hydrogen-bond acceptors (Lipinski definition) is 3. The van der Waals surface area contributed by atoms with Gasteiger partial charge in [0.2, 0.25) is 0 Å². The number of rotatable bonds is 2. The molecule has 1 aromatic carbocycles. The zero-order valence-corrected chi connectivity index (χ0v) is 6.22. The summed E-state index contributed by atoms with van der Waals surface area (Å²) in [5.41, 5.74) is 7.64. The van der Waals surface area contributed by atoms with E-state index in [0.717, 1.165) is 12.1 Å². The lowest BCUT2D eigenvalue weighted by atomic mass is 10.1. The molecule has 0 amide bonds. The van der Waals surface area contributed by atoms with Gasteiger partial charge in [0.05, 0.1) is 6.17 Å². The fourth-order valence-corrected chi connectivity index (χ4v) is 0.844. The van der Waals surface area contributed by atoms with Crippen molar-refractivity contribution in [2.45, 2.75) is 6.17 Å². The summed E-state index contributed by atoms with van der Waals surface area (Å²) in [5.74, 6) is 3.63. The van der Waals surface area contributed by atoms with Crippen LogP contribution in [0.15, 0.2) is 18.2 Å². The minimum absolute atomic E-state index is 0.138. The van der Waals surface area contributed by atoms with Gasteiger partial charge in [-0.05, 0) is 6.07 Å². The second-order valence-electron chi connectivity index (χ2n) is 2.31. The van der Waals surface area contributed by atoms with E-state index in [1.54, 1.807) is 0 Å². The van der Waals surface area contributed by atoms with Gasteiger partial charge in [0.15, 0.2) is 0 Å². The fourth-order valence-electron chi connectivity index (χ4n) is 0.844. The predicted molar refractivity (Wildman–Crippen MR) is 40.6 cm³/mol. The standard InChI is InChI=1S/C7H9F2N3/c8-4-1-2-5(6(9)3-4)7(10)12-11/h1-3,7,12H,10-11H2. The van der Waals surface area contributed by atoms with Crippen molar-refractivity contribution in [3.8, 4) is 0 Å². The van der Waals surface area contributed by atoms with E-state index >= 15 is 0 Å². The van der Waals surface area contributed by atoms with Gasteiger partial charge in [-0.3, -0.25) is 5.84 Å². The number of nitrogens with one attached hydrogen (secondary N) is 1. The van der Waals surface area contributed by atoms with Crippen molar-refractivity contribution in [3.05, 3.63) is 35.4 Å². The van der Waals surface area contributed by atoms with Crippen molar-refractivity contribution in [3.63, 3.8) is 0 Å². The summed E-state index contributed by atoms with van der Waals surface area (Å²) < 4.78 is 25.3. The van der Waals surface area contributed by atoms with Crippen LogP contribution in [0.1, 0.15) is 11.7 Å². The van der Waals surface area contributed by atoms with E-state index < -0.39 is 17.8 Å². The first-order chi connectivity index (χ1) is 5.65. The summed E-state index contributed by atoms with van der Waals surface area (Å²) in [5, 5.41) is 0. The maximum atomic E-state index is 12.9. The molecule has 0 fully saturated rings. The molecule has 0 aliphatic rings. The maximum absolute atomic E-state index is 12.9. The van der Waals surface area contributed by atoms with E-state index in [1.807, 2.05) is 0 Å². The highest BCUT2D eigenvalue weighted by Gasteiger charge is 2.09. The van der Waals surface area contributed by atoms with Crippen LogP contribution >= 0.6 is 0 Å². The largest absolute Gasteiger partial charge is 0.311 e. The van der Waals surface area contributed by atoms with E-state index in [4.69, 9.17) is 11.6 Å². The van der Waals surface area contributed by atoms with Gasteiger partial charge in [0, 0.05) is 11.6 Å². The minimum atomic E-state index is -0.814. The first kappa shape index (κ1) is 9.05. The third-order valence-corrected chi connectivity index (χ3v) is 1.48. The highest BCUT2D eigenvalue weighted by atomic mass is 19.1. The Morgan fingerprint density at radius 1 is 1.33 bits per heavy atom. The number of hydrazine groups is 1. The molecule has 0 radical (unpaired) electrons. The average molecular weight is 173 g/mol. The molecule has 0 spiro atoms. The quantitative estimate of drug-likeness (QED) is 0.344. The molecule has 0 aliphatic heterocycles. The number of halogens is 2. The minimum Gasteiger partial charge on any atom is -0.311 e. The summed E-state index contributed by atoms with van der Waals surface area (Å²) in [6.07, 6.45) is -0.814. The van der Waals surface area contributed by atoms with Gasteiger partial charge in [-0.15, -0.1) is 0 Å². The van der Waals surface area contributed by atoms with E-state index in [2.05, 4.69) is 5.43 Å². The predicted octanol–water partition coefficient (Wildman–Crippen LogP) is 0.385. The highest BCUT2D eigenvalue weighted by molar-refractivity contribution is 5.21. The van der Waals surface area contributed by atoms with E-state index in [-0.39, 0.29) is 5.56 Å². The van der Waals surface area contributed by atoms with Crippen LogP contribution < -0.4 is 17.0 Å². The summed E-state index contributed by atoms with van der Waals surface area (Å²) in [7, 11) is 0. The molecule has 1 atom stereocenters. The molecule has 0 saturated carbocycles. The zero-order chi connectivity index (χ0) is 9.14. The molecule has 3 nitrogen and oxygen atoms in total. The van der Waals surface area contributed by atoms with Crippen molar-refractivity contribution >= 4 is 0 Å². The van der Waals surface area contributed by atoms with Crippen LogP contribution in [-0.2, 0) is 0 Å². The van der Waals surface area contributed by atoms with Crippen LogP contribution in [0.3, 0.4) is 0 Å². The third-order valence-electron chi connectivity index (χ3n) is 1.48. The lowest BCUT2D eigenvalue weighted by molar-refractivity contribution is 0.516. The van der Waals surface area contributed by atoms with Crippen molar-refractivity contribution < 1.29 is 8.78 Å². The second-order valence-corrected chi connectivity index (χ2v) is 2.31. The lowest BCUT2D eigenvalue weighted by Crippen LogP contribution is -2.34. The number of hydrogen-bond donors (Lipinski definition) is 3. The monoisotopic (exact) mass is 173 g/mol. The van der Waals surface area contributed by atoms with E-state index in [1.165, 1.54) is 6.07 Å². The lowest BCUT2D eigenvalue weighted by Gasteiger charge is -2.10. The molecular weight excluding hydrogens is 164 g/mol. The van der Waals surface area contributed by atoms with Crippen LogP contribution in [0.4, 0.5) is 8.78 Å². The van der Waals surface area contributed by atoms with Gasteiger partial charge in [-0.25, -0.2) is 14.2 Å². The van der Waals surface area contributed by atoms with Gasteiger partial charge in [0.1, 0.15) is 11.6 Å². The first-order valence-corrected chi connectivity index (χ1v) is 3.32. The summed E-state index contributed by atoms with van der Waals surface area (Å²) in [6.45, 7) is 0. The van der Waals surface area contributed by atoms with Gasteiger partial charge < -0.3 is 5.73 Å². The van der Waals surface area contributed by atoms with Crippen LogP contribution in [0.2, 0.25) is 0 Å². The van der Waals surface area contributed by atoms with Crippen LogP contribution in [0, 0.1) is 11.6 Å². The second kappa shape index (κ2) is 3.57. The Morgan fingerprint density at radius 2 is 2.00 bits per heavy atom. The van der Waals surface area contributed by atoms with E-state index in [0.29, 0.717) is 0 Å². The van der Waals surface area contributed by atoms with Crippen molar-refractivity contribution in [1.82, 2.24) is 5.43 Å². The normalized spacial score (nSPS) is 13.0. The summed E-state index contributed by atoms with van der Waals surface area (Å²) in [6, 6.07) is 3.12. The van der Waals surface area contributed by atoms with Gasteiger partial charge in [0.25, 0.3) is 0 Å². The van der Waals surface area contributed by atoms with Gasteiger partial charge in [-0.2, -0.15) is 0 Å². The molecule has 0 aliphatic carbocycles. The first-order valence-electron chi connectivity index (χ1n) is 3.32. The van der Waals surface area contributed by atoms with E-state index in [9.17, 15) is 8.78 Å². The van der Waals surface area contributed by atoms with Gasteiger partial charge in [-0.1, -0.05) is 6.07 Å². The molecule has 1 aromatic rings. The Morgan fingerprint density at radius 3 is 2.50 bits per heavy atom. The molecule has 0 saturated heterocycles. The van der Waals surface area contributed by atoms with Crippen LogP contribution in [-0.4, -0.2) is 0 Å². The molecule has 5 N–H and O–H groups in total. The molecule has 5 heteroatoms. The van der Waals surface area contributed by atoms with Crippen molar-refractivity contribution in [1.29, 1.82) is 0 Å². The SMILES string of the molecule is NNC(N)c1ccc(F)cc1F. The number of benzene rings is 1. The highest BCUT2D eigenvalue weighted by Crippen LogP contribution is 2.13. The molecule has 0 heterocycles. The molecule has 0 aromatic heterocycles. The summed E-state index contributed by atoms with van der Waals surface area (Å²) in [4.78, 5) is 0. The number of nitrogens with two attached hydrogens (primary N) is 2. The van der Waals surface area contributed by atoms with Crippen LogP contribution in [0.25, 0.3) is 0 Å².